The van der Waals surface area contributed by atoms with Gasteiger partial charge in [0, 0.05) is 17.1 Å². The predicted molar refractivity (Wildman–Crippen MR) is 86.9 cm³/mol. The number of halogens is 1. The second kappa shape index (κ2) is 6.22. The van der Waals surface area contributed by atoms with Gasteiger partial charge in [-0.15, -0.1) is 0 Å². The van der Waals surface area contributed by atoms with E-state index in [-0.39, 0.29) is 10.6 Å². The average molecular weight is 311 g/mol. The Kier molecular flexibility index (Phi) is 4.77. The summed E-state index contributed by atoms with van der Waals surface area (Å²) in [5, 5.41) is 14.9. The summed E-state index contributed by atoms with van der Waals surface area (Å²) >= 11 is 5.96. The molecular formula is C16H23ClN2O2. The molecule has 0 saturated heterocycles. The van der Waals surface area contributed by atoms with Gasteiger partial charge in [-0.3, -0.25) is 10.1 Å². The maximum atomic E-state index is 11.1. The molecule has 0 heterocycles. The third kappa shape index (κ3) is 4.10. The fourth-order valence-electron chi connectivity index (χ4n) is 3.11. The van der Waals surface area contributed by atoms with Crippen molar-refractivity contribution >= 4 is 23.0 Å². The molecule has 5 heteroatoms. The van der Waals surface area contributed by atoms with Gasteiger partial charge in [-0.25, -0.2) is 0 Å². The van der Waals surface area contributed by atoms with Gasteiger partial charge in [-0.2, -0.15) is 0 Å². The quantitative estimate of drug-likeness (QED) is 0.611. The molecule has 1 fully saturated rings. The molecule has 0 unspecified atom stereocenters. The van der Waals surface area contributed by atoms with Gasteiger partial charge in [0.05, 0.1) is 4.92 Å². The molecule has 1 aliphatic rings. The van der Waals surface area contributed by atoms with Crippen LogP contribution in [0, 0.1) is 21.4 Å². The zero-order valence-corrected chi connectivity index (χ0v) is 13.6. The Morgan fingerprint density at radius 1 is 1.24 bits per heavy atom. The average Bonchev–Trinajstić information content (AvgIpc) is 2.38. The topological polar surface area (TPSA) is 55.2 Å². The summed E-state index contributed by atoms with van der Waals surface area (Å²) in [5.41, 5.74) is 0.969. The minimum Gasteiger partial charge on any atom is -0.377 e. The molecule has 1 aromatic carbocycles. The molecule has 1 aromatic rings. The number of anilines is 1. The Hall–Kier alpha value is -1.29. The van der Waals surface area contributed by atoms with Crippen molar-refractivity contribution in [2.75, 3.05) is 5.32 Å². The molecule has 21 heavy (non-hydrogen) atoms. The van der Waals surface area contributed by atoms with Crippen LogP contribution in [0.4, 0.5) is 11.4 Å². The molecule has 0 bridgehead atoms. The third-order valence-electron chi connectivity index (χ3n) is 4.47. The van der Waals surface area contributed by atoms with Crippen LogP contribution in [0.5, 0.6) is 0 Å². The molecule has 0 aliphatic heterocycles. The van der Waals surface area contributed by atoms with E-state index in [1.54, 1.807) is 12.1 Å². The van der Waals surface area contributed by atoms with Crippen molar-refractivity contribution in [3.05, 3.63) is 33.3 Å². The Morgan fingerprint density at radius 3 is 2.38 bits per heavy atom. The first kappa shape index (κ1) is 16.1. The maximum absolute atomic E-state index is 11.1. The number of benzene rings is 1. The number of rotatable bonds is 3. The summed E-state index contributed by atoms with van der Waals surface area (Å²) in [4.78, 5) is 10.7. The first-order valence-electron chi connectivity index (χ1n) is 7.48. The van der Waals surface area contributed by atoms with Crippen molar-refractivity contribution in [3.63, 3.8) is 0 Å². The van der Waals surface area contributed by atoms with E-state index in [0.717, 1.165) is 31.6 Å². The van der Waals surface area contributed by atoms with E-state index in [2.05, 4.69) is 26.1 Å². The summed E-state index contributed by atoms with van der Waals surface area (Å²) in [5.74, 6) is 0.727. The number of hydrogen-bond acceptors (Lipinski definition) is 3. The highest BCUT2D eigenvalue weighted by molar-refractivity contribution is 6.31. The zero-order valence-electron chi connectivity index (χ0n) is 12.9. The fraction of sp³-hybridized carbons (Fsp3) is 0.625. The lowest BCUT2D eigenvalue weighted by atomic mass is 9.71. The number of nitrogens with one attached hydrogen (secondary N) is 1. The summed E-state index contributed by atoms with van der Waals surface area (Å²) in [7, 11) is 0. The molecule has 0 aromatic heterocycles. The lowest BCUT2D eigenvalue weighted by Gasteiger charge is -2.37. The Balaban J connectivity index is 2.04. The second-order valence-corrected chi connectivity index (χ2v) is 7.41. The third-order valence-corrected chi connectivity index (χ3v) is 4.70. The van der Waals surface area contributed by atoms with E-state index in [1.807, 2.05) is 0 Å². The van der Waals surface area contributed by atoms with Crippen molar-refractivity contribution < 1.29 is 4.92 Å². The Labute approximate surface area is 131 Å². The summed E-state index contributed by atoms with van der Waals surface area (Å²) < 4.78 is 0. The van der Waals surface area contributed by atoms with E-state index in [9.17, 15) is 10.1 Å². The smallest absolute Gasteiger partial charge is 0.292 e. The van der Waals surface area contributed by atoms with Crippen LogP contribution >= 0.6 is 11.6 Å². The highest BCUT2D eigenvalue weighted by Gasteiger charge is 2.30. The largest absolute Gasteiger partial charge is 0.377 e. The predicted octanol–water partition coefficient (Wildman–Crippen LogP) is 5.27. The minimum atomic E-state index is -0.362. The molecule has 0 radical (unpaired) electrons. The van der Waals surface area contributed by atoms with Crippen LogP contribution in [-0.2, 0) is 0 Å². The van der Waals surface area contributed by atoms with Crippen molar-refractivity contribution in [3.8, 4) is 0 Å². The van der Waals surface area contributed by atoms with Crippen LogP contribution in [-0.4, -0.2) is 11.0 Å². The zero-order chi connectivity index (χ0) is 15.6. The van der Waals surface area contributed by atoms with Crippen LogP contribution in [0.3, 0.4) is 0 Å². The number of nitrogens with zero attached hydrogens (tertiary/aromatic N) is 1. The number of nitro benzene ring substituents is 1. The minimum absolute atomic E-state index is 0.0948. The van der Waals surface area contributed by atoms with Crippen LogP contribution < -0.4 is 5.32 Å². The summed E-state index contributed by atoms with van der Waals surface area (Å²) in [6.07, 6.45) is 4.42. The standard InChI is InChI=1S/C16H23ClN2O2/c1-16(2,3)11-4-7-13(8-5-11)18-14-10-12(17)6-9-15(14)19(20)21/h6,9-11,13,18H,4-5,7-8H2,1-3H3. The highest BCUT2D eigenvalue weighted by Crippen LogP contribution is 2.39. The highest BCUT2D eigenvalue weighted by atomic mass is 35.5. The first-order chi connectivity index (χ1) is 9.77. The lowest BCUT2D eigenvalue weighted by molar-refractivity contribution is -0.384. The van der Waals surface area contributed by atoms with Crippen LogP contribution in [0.25, 0.3) is 0 Å². The van der Waals surface area contributed by atoms with Gasteiger partial charge < -0.3 is 5.32 Å². The SMILES string of the molecule is CC(C)(C)C1CCC(Nc2cc(Cl)ccc2[N+](=O)[O-])CC1. The van der Waals surface area contributed by atoms with Gasteiger partial charge in [-0.1, -0.05) is 32.4 Å². The first-order valence-corrected chi connectivity index (χ1v) is 7.85. The molecule has 1 N–H and O–H groups in total. The van der Waals surface area contributed by atoms with Gasteiger partial charge in [0.1, 0.15) is 5.69 Å². The molecule has 1 saturated carbocycles. The molecule has 2 rings (SSSR count). The molecular weight excluding hydrogens is 288 g/mol. The van der Waals surface area contributed by atoms with Crippen molar-refractivity contribution in [2.24, 2.45) is 11.3 Å². The van der Waals surface area contributed by atoms with Gasteiger partial charge in [-0.05, 0) is 49.1 Å². The van der Waals surface area contributed by atoms with Crippen LogP contribution in [0.2, 0.25) is 5.02 Å². The molecule has 116 valence electrons. The van der Waals surface area contributed by atoms with Gasteiger partial charge in [0.25, 0.3) is 5.69 Å². The maximum Gasteiger partial charge on any atom is 0.292 e. The van der Waals surface area contributed by atoms with Crippen molar-refractivity contribution in [1.29, 1.82) is 0 Å². The molecule has 4 nitrogen and oxygen atoms in total. The molecule has 0 atom stereocenters. The van der Waals surface area contributed by atoms with Gasteiger partial charge in [0.15, 0.2) is 0 Å². The Bertz CT molecular complexity index is 517. The monoisotopic (exact) mass is 310 g/mol. The molecule has 1 aliphatic carbocycles. The van der Waals surface area contributed by atoms with E-state index in [4.69, 9.17) is 11.6 Å². The van der Waals surface area contributed by atoms with Crippen LogP contribution in [0.1, 0.15) is 46.5 Å². The van der Waals surface area contributed by atoms with E-state index >= 15 is 0 Å². The van der Waals surface area contributed by atoms with Crippen molar-refractivity contribution in [1.82, 2.24) is 0 Å². The molecule has 0 spiro atoms. The fourth-order valence-corrected chi connectivity index (χ4v) is 3.28. The second-order valence-electron chi connectivity index (χ2n) is 6.98. The Morgan fingerprint density at radius 2 is 1.86 bits per heavy atom. The summed E-state index contributed by atoms with van der Waals surface area (Å²) in [6.45, 7) is 6.85. The normalized spacial score (nSPS) is 22.9. The molecule has 0 amide bonds. The number of hydrogen-bond donors (Lipinski definition) is 1. The lowest BCUT2D eigenvalue weighted by Crippen LogP contribution is -2.31. The van der Waals surface area contributed by atoms with E-state index in [1.165, 1.54) is 6.07 Å². The van der Waals surface area contributed by atoms with Gasteiger partial charge >= 0.3 is 0 Å². The van der Waals surface area contributed by atoms with Gasteiger partial charge in [0.2, 0.25) is 0 Å². The number of nitro groups is 1. The van der Waals surface area contributed by atoms with E-state index < -0.39 is 0 Å². The van der Waals surface area contributed by atoms with Crippen molar-refractivity contribution in [2.45, 2.75) is 52.5 Å². The summed E-state index contributed by atoms with van der Waals surface area (Å²) in [6, 6.07) is 4.96. The van der Waals surface area contributed by atoms with Crippen LogP contribution in [0.15, 0.2) is 18.2 Å². The van der Waals surface area contributed by atoms with E-state index in [0.29, 0.717) is 22.2 Å².